The molecule has 0 saturated heterocycles. The fraction of sp³-hybridized carbons (Fsp3) is 0.440. The second-order valence-corrected chi connectivity index (χ2v) is 9.71. The molecule has 1 aromatic heterocycles. The minimum Gasteiger partial charge on any atom is -0.436 e. The summed E-state index contributed by atoms with van der Waals surface area (Å²) in [5, 5.41) is 3.15. The Morgan fingerprint density at radius 3 is 2.45 bits per heavy atom. The third-order valence-corrected chi connectivity index (χ3v) is 7.39. The summed E-state index contributed by atoms with van der Waals surface area (Å²) < 4.78 is 5.88. The van der Waals surface area contributed by atoms with E-state index in [4.69, 9.17) is 4.42 Å². The van der Waals surface area contributed by atoms with Crippen LogP contribution in [0.1, 0.15) is 44.9 Å². The molecule has 1 amide bonds. The molecule has 2 aromatic carbocycles. The van der Waals surface area contributed by atoms with E-state index < -0.39 is 0 Å². The van der Waals surface area contributed by atoms with E-state index in [1.807, 2.05) is 48.5 Å². The van der Waals surface area contributed by atoms with Gasteiger partial charge in [-0.25, -0.2) is 4.98 Å². The van der Waals surface area contributed by atoms with Crippen LogP contribution >= 0.6 is 0 Å². The summed E-state index contributed by atoms with van der Waals surface area (Å²) in [4.78, 5) is 17.5. The Bertz CT molecular complexity index is 1010. The first-order valence-electron chi connectivity index (χ1n) is 10.9. The van der Waals surface area contributed by atoms with Crippen LogP contribution in [0.4, 0.5) is 5.69 Å². The molecule has 0 aliphatic heterocycles. The lowest BCUT2D eigenvalue weighted by Gasteiger charge is -2.56. The molecule has 148 valence electrons. The topological polar surface area (TPSA) is 55.1 Å². The number of aromatic nitrogens is 1. The lowest BCUT2D eigenvalue weighted by Crippen LogP contribution is -2.47. The number of hydrogen-bond acceptors (Lipinski definition) is 3. The summed E-state index contributed by atoms with van der Waals surface area (Å²) in [6, 6.07) is 15.6. The normalized spacial score (nSPS) is 30.0. The molecule has 7 rings (SSSR count). The number of carbonyl (C=O) groups is 1. The predicted molar refractivity (Wildman–Crippen MR) is 113 cm³/mol. The Morgan fingerprint density at radius 2 is 1.72 bits per heavy atom. The number of anilines is 1. The van der Waals surface area contributed by atoms with E-state index >= 15 is 0 Å². The Morgan fingerprint density at radius 1 is 1.00 bits per heavy atom. The van der Waals surface area contributed by atoms with Gasteiger partial charge in [0.1, 0.15) is 5.52 Å². The summed E-state index contributed by atoms with van der Waals surface area (Å²) in [7, 11) is 0. The van der Waals surface area contributed by atoms with Gasteiger partial charge in [0.25, 0.3) is 0 Å². The SMILES string of the molecule is O=C(CC12CC3CC(CC(C3)C1)C2)Nc1cccc(-c2nc3ccccc3o2)c1. The number of para-hydroxylation sites is 2. The molecule has 4 bridgehead atoms. The maximum atomic E-state index is 12.9. The molecule has 0 atom stereocenters. The maximum Gasteiger partial charge on any atom is 0.227 e. The molecule has 1 N–H and O–H groups in total. The number of carbonyl (C=O) groups excluding carboxylic acids is 1. The lowest BCUT2D eigenvalue weighted by molar-refractivity contribution is -0.124. The second kappa shape index (κ2) is 6.45. The number of hydrogen-bond donors (Lipinski definition) is 1. The molecule has 4 saturated carbocycles. The molecule has 4 heteroatoms. The minimum atomic E-state index is 0.154. The van der Waals surface area contributed by atoms with Gasteiger partial charge in [0.15, 0.2) is 5.58 Å². The molecule has 0 unspecified atom stereocenters. The number of amides is 1. The molecule has 4 fully saturated rings. The Kier molecular flexibility index (Phi) is 3.84. The van der Waals surface area contributed by atoms with E-state index in [1.165, 1.54) is 38.5 Å². The van der Waals surface area contributed by atoms with Gasteiger partial charge in [-0.3, -0.25) is 4.79 Å². The number of benzene rings is 2. The van der Waals surface area contributed by atoms with Gasteiger partial charge < -0.3 is 9.73 Å². The van der Waals surface area contributed by atoms with Crippen LogP contribution in [-0.2, 0) is 4.79 Å². The summed E-state index contributed by atoms with van der Waals surface area (Å²) in [6.07, 6.45) is 8.68. The number of oxazole rings is 1. The van der Waals surface area contributed by atoms with Crippen LogP contribution in [0.5, 0.6) is 0 Å². The summed E-state index contributed by atoms with van der Waals surface area (Å²) in [6.45, 7) is 0. The van der Waals surface area contributed by atoms with Crippen molar-refractivity contribution in [2.24, 2.45) is 23.2 Å². The van der Waals surface area contributed by atoms with Gasteiger partial charge in [0.2, 0.25) is 11.8 Å². The van der Waals surface area contributed by atoms with Crippen molar-refractivity contribution in [1.29, 1.82) is 0 Å². The molecule has 0 spiro atoms. The summed E-state index contributed by atoms with van der Waals surface area (Å²) in [5.41, 5.74) is 3.59. The monoisotopic (exact) mass is 386 g/mol. The molecule has 0 radical (unpaired) electrons. The molecule has 1 heterocycles. The molecule has 4 aliphatic rings. The standard InChI is InChI=1S/C25H26N2O2/c28-23(15-25-12-16-8-17(13-25)10-18(9-16)14-25)26-20-5-3-4-19(11-20)24-27-21-6-1-2-7-22(21)29-24/h1-7,11,16-18H,8-10,12-15H2,(H,26,28). The van der Waals surface area contributed by atoms with Gasteiger partial charge in [-0.2, -0.15) is 0 Å². The van der Waals surface area contributed by atoms with Crippen molar-refractivity contribution < 1.29 is 9.21 Å². The van der Waals surface area contributed by atoms with Gasteiger partial charge in [-0.15, -0.1) is 0 Å². The molecule has 3 aromatic rings. The first-order chi connectivity index (χ1) is 14.1. The van der Waals surface area contributed by atoms with Crippen LogP contribution in [0.2, 0.25) is 0 Å². The number of rotatable bonds is 4. The van der Waals surface area contributed by atoms with Crippen molar-refractivity contribution in [3.8, 4) is 11.5 Å². The van der Waals surface area contributed by atoms with Crippen molar-refractivity contribution in [2.75, 3.05) is 5.32 Å². The van der Waals surface area contributed by atoms with Crippen molar-refractivity contribution in [3.05, 3.63) is 48.5 Å². The lowest BCUT2D eigenvalue weighted by atomic mass is 9.49. The Labute approximate surface area is 170 Å². The first kappa shape index (κ1) is 17.3. The zero-order chi connectivity index (χ0) is 19.4. The van der Waals surface area contributed by atoms with Gasteiger partial charge in [0.05, 0.1) is 0 Å². The number of nitrogens with zero attached hydrogens (tertiary/aromatic N) is 1. The van der Waals surface area contributed by atoms with Crippen LogP contribution in [-0.4, -0.2) is 10.9 Å². The van der Waals surface area contributed by atoms with Crippen LogP contribution in [0.3, 0.4) is 0 Å². The zero-order valence-corrected chi connectivity index (χ0v) is 16.6. The van der Waals surface area contributed by atoms with Gasteiger partial charge >= 0.3 is 0 Å². The third kappa shape index (κ3) is 3.15. The smallest absolute Gasteiger partial charge is 0.227 e. The van der Waals surface area contributed by atoms with Crippen molar-refractivity contribution in [3.63, 3.8) is 0 Å². The van der Waals surface area contributed by atoms with E-state index in [9.17, 15) is 4.79 Å². The van der Waals surface area contributed by atoms with Crippen LogP contribution in [0.25, 0.3) is 22.6 Å². The largest absolute Gasteiger partial charge is 0.436 e. The second-order valence-electron chi connectivity index (χ2n) is 9.71. The van der Waals surface area contributed by atoms with E-state index in [-0.39, 0.29) is 11.3 Å². The summed E-state index contributed by atoms with van der Waals surface area (Å²) in [5.74, 6) is 3.36. The average molecular weight is 386 g/mol. The van der Waals surface area contributed by atoms with Gasteiger partial charge in [0, 0.05) is 17.7 Å². The third-order valence-electron chi connectivity index (χ3n) is 7.39. The molecular weight excluding hydrogens is 360 g/mol. The van der Waals surface area contributed by atoms with E-state index in [1.54, 1.807) is 0 Å². The minimum absolute atomic E-state index is 0.154. The average Bonchev–Trinajstić information content (AvgIpc) is 3.11. The molecule has 4 nitrogen and oxygen atoms in total. The predicted octanol–water partition coefficient (Wildman–Crippen LogP) is 6.04. The first-order valence-corrected chi connectivity index (χ1v) is 10.9. The maximum absolute atomic E-state index is 12.9. The highest BCUT2D eigenvalue weighted by Gasteiger charge is 2.51. The Balaban J connectivity index is 1.19. The van der Waals surface area contributed by atoms with Gasteiger partial charge in [-0.1, -0.05) is 18.2 Å². The van der Waals surface area contributed by atoms with Crippen LogP contribution in [0.15, 0.2) is 52.9 Å². The van der Waals surface area contributed by atoms with Crippen molar-refractivity contribution in [1.82, 2.24) is 4.98 Å². The van der Waals surface area contributed by atoms with Crippen LogP contribution in [0, 0.1) is 23.2 Å². The fourth-order valence-electron chi connectivity index (χ4n) is 6.78. The molecular formula is C25H26N2O2. The Hall–Kier alpha value is -2.62. The van der Waals surface area contributed by atoms with Crippen LogP contribution < -0.4 is 5.32 Å². The van der Waals surface area contributed by atoms with Gasteiger partial charge in [-0.05, 0) is 92.0 Å². The highest BCUT2D eigenvalue weighted by Crippen LogP contribution is 2.61. The quantitative estimate of drug-likeness (QED) is 0.595. The zero-order valence-electron chi connectivity index (χ0n) is 16.6. The summed E-state index contributed by atoms with van der Waals surface area (Å²) >= 11 is 0. The van der Waals surface area contributed by atoms with E-state index in [0.717, 1.165) is 40.1 Å². The number of fused-ring (bicyclic) bond motifs is 1. The number of nitrogens with one attached hydrogen (secondary N) is 1. The highest BCUT2D eigenvalue weighted by molar-refractivity contribution is 5.92. The van der Waals surface area contributed by atoms with E-state index in [0.29, 0.717) is 12.3 Å². The fourth-order valence-corrected chi connectivity index (χ4v) is 6.78. The van der Waals surface area contributed by atoms with E-state index in [2.05, 4.69) is 10.3 Å². The molecule has 4 aliphatic carbocycles. The molecule has 29 heavy (non-hydrogen) atoms. The highest BCUT2D eigenvalue weighted by atomic mass is 16.3. The van der Waals surface area contributed by atoms with Crippen molar-refractivity contribution in [2.45, 2.75) is 44.9 Å². The van der Waals surface area contributed by atoms with Crippen molar-refractivity contribution >= 4 is 22.7 Å².